The van der Waals surface area contributed by atoms with E-state index in [1.807, 2.05) is 24.4 Å². The Labute approximate surface area is 101 Å². The van der Waals surface area contributed by atoms with Gasteiger partial charge in [-0.2, -0.15) is 0 Å². The first-order valence-corrected chi connectivity index (χ1v) is 5.61. The minimum atomic E-state index is -0.0385. The Morgan fingerprint density at radius 3 is 3.12 bits per heavy atom. The third kappa shape index (κ3) is 2.36. The average Bonchev–Trinajstić information content (AvgIpc) is 2.37. The van der Waals surface area contributed by atoms with Gasteiger partial charge in [0.05, 0.1) is 0 Å². The van der Waals surface area contributed by atoms with E-state index in [9.17, 15) is 4.79 Å². The van der Waals surface area contributed by atoms with Crippen molar-refractivity contribution in [2.24, 2.45) is 4.99 Å². The van der Waals surface area contributed by atoms with Crippen LogP contribution < -0.4 is 4.90 Å². The first-order chi connectivity index (χ1) is 8.24. The molecule has 4 nitrogen and oxygen atoms in total. The van der Waals surface area contributed by atoms with Crippen LogP contribution >= 0.6 is 0 Å². The van der Waals surface area contributed by atoms with Gasteiger partial charge in [0.1, 0.15) is 6.61 Å². The number of ether oxygens (including phenoxy) is 1. The molecule has 0 aromatic heterocycles. The molecular formula is C13H16N2O2. The van der Waals surface area contributed by atoms with Crippen LogP contribution in [-0.2, 0) is 16.0 Å². The number of likely N-dealkylation sites (N-methyl/N-ethyl adjacent to an activating group) is 1. The highest BCUT2D eigenvalue weighted by atomic mass is 16.5. The van der Waals surface area contributed by atoms with Crippen LogP contribution in [0.2, 0.25) is 0 Å². The maximum absolute atomic E-state index is 11.8. The van der Waals surface area contributed by atoms with Gasteiger partial charge in [0, 0.05) is 32.6 Å². The molecule has 0 N–H and O–H groups in total. The van der Waals surface area contributed by atoms with E-state index < -0.39 is 0 Å². The first kappa shape index (κ1) is 11.8. The van der Waals surface area contributed by atoms with Gasteiger partial charge in [-0.1, -0.05) is 12.1 Å². The summed E-state index contributed by atoms with van der Waals surface area (Å²) in [6.07, 6.45) is 2.75. The van der Waals surface area contributed by atoms with Gasteiger partial charge in [0.25, 0.3) is 5.91 Å². The van der Waals surface area contributed by atoms with Gasteiger partial charge < -0.3 is 9.64 Å². The number of hydrogen-bond acceptors (Lipinski definition) is 3. The highest BCUT2D eigenvalue weighted by Crippen LogP contribution is 2.25. The van der Waals surface area contributed by atoms with Crippen molar-refractivity contribution in [3.05, 3.63) is 29.3 Å². The van der Waals surface area contributed by atoms with E-state index in [0.29, 0.717) is 0 Å². The average molecular weight is 232 g/mol. The second-order valence-electron chi connectivity index (χ2n) is 4.02. The number of fused-ring (bicyclic) bond motifs is 1. The van der Waals surface area contributed by atoms with Gasteiger partial charge >= 0.3 is 0 Å². The van der Waals surface area contributed by atoms with Gasteiger partial charge in [-0.15, -0.1) is 0 Å². The smallest absolute Gasteiger partial charge is 0.252 e. The van der Waals surface area contributed by atoms with Crippen molar-refractivity contribution in [2.45, 2.75) is 6.42 Å². The largest absolute Gasteiger partial charge is 0.375 e. The summed E-state index contributed by atoms with van der Waals surface area (Å²) in [6.45, 7) is 0.893. The Kier molecular flexibility index (Phi) is 3.54. The highest BCUT2D eigenvalue weighted by Gasteiger charge is 2.17. The number of aliphatic imine (C=N–C) groups is 1. The standard InChI is InChI=1S/C13H16N2O2/c1-15(13(16)9-17-2)12-5-3-4-10-8-14-7-6-11(10)12/h3-5,8H,6-7,9H2,1-2H3. The molecular weight excluding hydrogens is 216 g/mol. The fraction of sp³-hybridized carbons (Fsp3) is 0.385. The quantitative estimate of drug-likeness (QED) is 0.787. The maximum atomic E-state index is 11.8. The molecule has 17 heavy (non-hydrogen) atoms. The zero-order valence-corrected chi connectivity index (χ0v) is 10.1. The van der Waals surface area contributed by atoms with E-state index >= 15 is 0 Å². The Balaban J connectivity index is 2.32. The van der Waals surface area contributed by atoms with Crippen molar-refractivity contribution in [3.63, 3.8) is 0 Å². The monoisotopic (exact) mass is 232 g/mol. The van der Waals surface area contributed by atoms with E-state index in [2.05, 4.69) is 4.99 Å². The SMILES string of the molecule is COCC(=O)N(C)c1cccc2c1CCN=C2. The van der Waals surface area contributed by atoms with Crippen molar-refractivity contribution in [1.29, 1.82) is 0 Å². The molecule has 0 saturated heterocycles. The van der Waals surface area contributed by atoms with Crippen LogP contribution in [0.1, 0.15) is 11.1 Å². The Morgan fingerprint density at radius 1 is 1.53 bits per heavy atom. The lowest BCUT2D eigenvalue weighted by Gasteiger charge is -2.22. The Morgan fingerprint density at radius 2 is 2.35 bits per heavy atom. The second kappa shape index (κ2) is 5.10. The molecule has 2 rings (SSSR count). The number of carbonyl (C=O) groups is 1. The van der Waals surface area contributed by atoms with Crippen molar-refractivity contribution in [1.82, 2.24) is 0 Å². The summed E-state index contributed by atoms with van der Waals surface area (Å²) in [7, 11) is 3.31. The summed E-state index contributed by atoms with van der Waals surface area (Å²) in [5.41, 5.74) is 3.25. The van der Waals surface area contributed by atoms with Crippen LogP contribution in [0.25, 0.3) is 0 Å². The number of nitrogens with zero attached hydrogens (tertiary/aromatic N) is 2. The van der Waals surface area contributed by atoms with Crippen molar-refractivity contribution >= 4 is 17.8 Å². The summed E-state index contributed by atoms with van der Waals surface area (Å²) >= 11 is 0. The molecule has 1 amide bonds. The van der Waals surface area contributed by atoms with Crippen LogP contribution in [-0.4, -0.2) is 39.4 Å². The van der Waals surface area contributed by atoms with Gasteiger partial charge in [-0.25, -0.2) is 0 Å². The van der Waals surface area contributed by atoms with E-state index in [-0.39, 0.29) is 12.5 Å². The van der Waals surface area contributed by atoms with Crippen molar-refractivity contribution in [2.75, 3.05) is 32.2 Å². The number of benzene rings is 1. The molecule has 0 atom stereocenters. The predicted octanol–water partition coefficient (Wildman–Crippen LogP) is 1.27. The van der Waals surface area contributed by atoms with E-state index in [0.717, 1.165) is 24.2 Å². The number of methoxy groups -OCH3 is 1. The van der Waals surface area contributed by atoms with Gasteiger partial charge in [0.15, 0.2) is 0 Å². The zero-order valence-electron chi connectivity index (χ0n) is 10.1. The predicted molar refractivity (Wildman–Crippen MR) is 67.9 cm³/mol. The normalized spacial score (nSPS) is 13.3. The van der Waals surface area contributed by atoms with Crippen LogP contribution in [0.5, 0.6) is 0 Å². The summed E-state index contributed by atoms with van der Waals surface area (Å²) in [6, 6.07) is 5.93. The number of hydrogen-bond donors (Lipinski definition) is 0. The van der Waals surface area contributed by atoms with Crippen LogP contribution in [0.3, 0.4) is 0 Å². The van der Waals surface area contributed by atoms with Gasteiger partial charge in [0.2, 0.25) is 0 Å². The van der Waals surface area contributed by atoms with Crippen molar-refractivity contribution < 1.29 is 9.53 Å². The van der Waals surface area contributed by atoms with E-state index in [1.165, 1.54) is 12.7 Å². The summed E-state index contributed by atoms with van der Waals surface area (Å²) in [5, 5.41) is 0. The molecule has 0 radical (unpaired) electrons. The molecule has 0 spiro atoms. The summed E-state index contributed by atoms with van der Waals surface area (Å²) in [4.78, 5) is 17.7. The van der Waals surface area contributed by atoms with Crippen LogP contribution in [0.4, 0.5) is 5.69 Å². The molecule has 1 aromatic carbocycles. The number of carbonyl (C=O) groups excluding carboxylic acids is 1. The van der Waals surface area contributed by atoms with E-state index in [4.69, 9.17) is 4.74 Å². The van der Waals surface area contributed by atoms with Crippen LogP contribution in [0, 0.1) is 0 Å². The van der Waals surface area contributed by atoms with E-state index in [1.54, 1.807) is 11.9 Å². The lowest BCUT2D eigenvalue weighted by molar-refractivity contribution is -0.121. The second-order valence-corrected chi connectivity index (χ2v) is 4.02. The zero-order chi connectivity index (χ0) is 12.3. The molecule has 0 fully saturated rings. The summed E-state index contributed by atoms with van der Waals surface area (Å²) < 4.78 is 4.87. The molecule has 4 heteroatoms. The molecule has 90 valence electrons. The van der Waals surface area contributed by atoms with Crippen molar-refractivity contribution in [3.8, 4) is 0 Å². The number of rotatable bonds is 3. The Hall–Kier alpha value is -1.68. The molecule has 1 aliphatic heterocycles. The fourth-order valence-corrected chi connectivity index (χ4v) is 1.99. The number of anilines is 1. The number of amides is 1. The molecule has 0 unspecified atom stereocenters. The molecule has 1 heterocycles. The molecule has 0 aliphatic carbocycles. The molecule has 0 bridgehead atoms. The minimum absolute atomic E-state index is 0.0385. The van der Waals surface area contributed by atoms with Gasteiger partial charge in [-0.3, -0.25) is 9.79 Å². The maximum Gasteiger partial charge on any atom is 0.252 e. The third-order valence-electron chi connectivity index (χ3n) is 2.91. The first-order valence-electron chi connectivity index (χ1n) is 5.61. The highest BCUT2D eigenvalue weighted by molar-refractivity contribution is 5.96. The fourth-order valence-electron chi connectivity index (χ4n) is 1.99. The molecule has 1 aromatic rings. The lowest BCUT2D eigenvalue weighted by atomic mass is 10.0. The molecule has 0 saturated carbocycles. The van der Waals surface area contributed by atoms with Crippen LogP contribution in [0.15, 0.2) is 23.2 Å². The topological polar surface area (TPSA) is 41.9 Å². The minimum Gasteiger partial charge on any atom is -0.375 e. The van der Waals surface area contributed by atoms with Gasteiger partial charge in [-0.05, 0) is 23.6 Å². The Bertz CT molecular complexity index is 455. The molecule has 1 aliphatic rings. The summed E-state index contributed by atoms with van der Waals surface area (Å²) in [5.74, 6) is -0.0385. The third-order valence-corrected chi connectivity index (χ3v) is 2.91. The lowest BCUT2D eigenvalue weighted by Crippen LogP contribution is -2.31.